The lowest BCUT2D eigenvalue weighted by Gasteiger charge is -2.08. The summed E-state index contributed by atoms with van der Waals surface area (Å²) in [7, 11) is 0. The van der Waals surface area contributed by atoms with Gasteiger partial charge < -0.3 is 5.32 Å². The normalized spacial score (nSPS) is 10.7. The summed E-state index contributed by atoms with van der Waals surface area (Å²) in [5.41, 5.74) is 3.59. The average molecular weight is 255 g/mol. The molecular formula is C14H13N3S. The molecule has 18 heavy (non-hydrogen) atoms. The van der Waals surface area contributed by atoms with Crippen LogP contribution in [0.1, 0.15) is 11.1 Å². The molecule has 0 aliphatic rings. The maximum atomic E-state index is 4.31. The fourth-order valence-electron chi connectivity index (χ4n) is 1.90. The highest BCUT2D eigenvalue weighted by atomic mass is 32.1. The van der Waals surface area contributed by atoms with Crippen LogP contribution in [0.4, 0.5) is 5.82 Å². The number of aromatic nitrogens is 2. The third-order valence-electron chi connectivity index (χ3n) is 2.95. The number of nitrogens with one attached hydrogen (secondary N) is 1. The molecule has 0 atom stereocenters. The lowest BCUT2D eigenvalue weighted by molar-refractivity contribution is 1.09. The summed E-state index contributed by atoms with van der Waals surface area (Å²) in [5, 5.41) is 5.43. The molecule has 0 aliphatic carbocycles. The molecule has 0 spiro atoms. The van der Waals surface area contributed by atoms with Gasteiger partial charge in [0.1, 0.15) is 12.1 Å². The fraction of sp³-hybridized carbons (Fsp3) is 0.143. The number of hydrogen-bond acceptors (Lipinski definition) is 4. The number of anilines is 1. The van der Waals surface area contributed by atoms with E-state index >= 15 is 0 Å². The first-order chi connectivity index (χ1) is 8.84. The standard InChI is InChI=1S/C14H13N3S/c1-10-4-2-3-5-11(10)8-15-14-13-12(6-7-18-13)16-9-17-14/h2-7,9H,8H2,1H3,(H,15,16,17). The average Bonchev–Trinajstić information content (AvgIpc) is 2.86. The van der Waals surface area contributed by atoms with Crippen molar-refractivity contribution in [2.75, 3.05) is 5.32 Å². The van der Waals surface area contributed by atoms with Gasteiger partial charge in [0.05, 0.1) is 10.2 Å². The molecule has 1 N–H and O–H groups in total. The highest BCUT2D eigenvalue weighted by Gasteiger charge is 2.04. The van der Waals surface area contributed by atoms with Crippen molar-refractivity contribution in [1.29, 1.82) is 0 Å². The van der Waals surface area contributed by atoms with Crippen LogP contribution in [-0.2, 0) is 6.54 Å². The summed E-state index contributed by atoms with van der Waals surface area (Å²) < 4.78 is 1.12. The Hall–Kier alpha value is -1.94. The first-order valence-electron chi connectivity index (χ1n) is 5.81. The van der Waals surface area contributed by atoms with Crippen LogP contribution in [0.3, 0.4) is 0 Å². The number of nitrogens with zero attached hydrogens (tertiary/aromatic N) is 2. The summed E-state index contributed by atoms with van der Waals surface area (Å²) in [4.78, 5) is 8.55. The van der Waals surface area contributed by atoms with Crippen LogP contribution >= 0.6 is 11.3 Å². The number of hydrogen-bond donors (Lipinski definition) is 1. The van der Waals surface area contributed by atoms with Crippen LogP contribution in [-0.4, -0.2) is 9.97 Å². The van der Waals surface area contributed by atoms with E-state index in [9.17, 15) is 0 Å². The molecule has 0 bridgehead atoms. The summed E-state index contributed by atoms with van der Waals surface area (Å²) in [5.74, 6) is 0.915. The number of fused-ring (bicyclic) bond motifs is 1. The molecule has 0 unspecified atom stereocenters. The zero-order valence-electron chi connectivity index (χ0n) is 10.1. The summed E-state index contributed by atoms with van der Waals surface area (Å²) in [6.45, 7) is 2.91. The Morgan fingerprint density at radius 1 is 1.17 bits per heavy atom. The van der Waals surface area contributed by atoms with Crippen LogP contribution in [0.5, 0.6) is 0 Å². The Morgan fingerprint density at radius 3 is 2.94 bits per heavy atom. The van der Waals surface area contributed by atoms with E-state index in [0.29, 0.717) is 0 Å². The number of thiophene rings is 1. The number of rotatable bonds is 3. The van der Waals surface area contributed by atoms with Gasteiger partial charge in [0.25, 0.3) is 0 Å². The van der Waals surface area contributed by atoms with Gasteiger partial charge in [-0.1, -0.05) is 24.3 Å². The van der Waals surface area contributed by atoms with Gasteiger partial charge in [0.15, 0.2) is 0 Å². The maximum Gasteiger partial charge on any atom is 0.147 e. The van der Waals surface area contributed by atoms with Gasteiger partial charge in [-0.2, -0.15) is 0 Å². The van der Waals surface area contributed by atoms with Gasteiger partial charge in [-0.25, -0.2) is 9.97 Å². The van der Waals surface area contributed by atoms with E-state index in [1.807, 2.05) is 11.4 Å². The van der Waals surface area contributed by atoms with E-state index < -0.39 is 0 Å². The van der Waals surface area contributed by atoms with Gasteiger partial charge >= 0.3 is 0 Å². The molecule has 3 rings (SSSR count). The molecule has 3 aromatic rings. The van der Waals surface area contributed by atoms with E-state index in [2.05, 4.69) is 46.5 Å². The van der Waals surface area contributed by atoms with Crippen molar-refractivity contribution in [2.45, 2.75) is 13.5 Å². The minimum Gasteiger partial charge on any atom is -0.365 e. The number of aryl methyl sites for hydroxylation is 1. The second-order valence-electron chi connectivity index (χ2n) is 4.14. The van der Waals surface area contributed by atoms with Crippen LogP contribution in [0.2, 0.25) is 0 Å². The molecule has 4 heteroatoms. The van der Waals surface area contributed by atoms with E-state index in [4.69, 9.17) is 0 Å². The Bertz CT molecular complexity index is 675. The van der Waals surface area contributed by atoms with E-state index in [-0.39, 0.29) is 0 Å². The molecule has 90 valence electrons. The number of benzene rings is 1. The van der Waals surface area contributed by atoms with E-state index in [1.54, 1.807) is 17.7 Å². The third-order valence-corrected chi connectivity index (χ3v) is 3.86. The zero-order chi connectivity index (χ0) is 12.4. The molecule has 1 aromatic carbocycles. The van der Waals surface area contributed by atoms with Crippen molar-refractivity contribution in [3.05, 3.63) is 53.2 Å². The highest BCUT2D eigenvalue weighted by molar-refractivity contribution is 7.17. The minimum absolute atomic E-state index is 0.788. The fourth-order valence-corrected chi connectivity index (χ4v) is 2.71. The first kappa shape index (κ1) is 11.2. The largest absolute Gasteiger partial charge is 0.365 e. The predicted molar refractivity (Wildman–Crippen MR) is 75.9 cm³/mol. The minimum atomic E-state index is 0.788. The topological polar surface area (TPSA) is 37.8 Å². The van der Waals surface area contributed by atoms with Crippen LogP contribution in [0.25, 0.3) is 10.2 Å². The lowest BCUT2D eigenvalue weighted by Crippen LogP contribution is -2.03. The third kappa shape index (κ3) is 2.07. The summed E-state index contributed by atoms with van der Waals surface area (Å²) >= 11 is 1.67. The van der Waals surface area contributed by atoms with Gasteiger partial charge in [0.2, 0.25) is 0 Å². The maximum absolute atomic E-state index is 4.31. The van der Waals surface area contributed by atoms with Crippen LogP contribution < -0.4 is 5.32 Å². The molecule has 0 saturated carbocycles. The molecule has 0 amide bonds. The van der Waals surface area contributed by atoms with E-state index in [1.165, 1.54) is 11.1 Å². The Labute approximate surface area is 110 Å². The SMILES string of the molecule is Cc1ccccc1CNc1ncnc2ccsc12. The summed E-state index contributed by atoms with van der Waals surface area (Å²) in [6.07, 6.45) is 1.61. The van der Waals surface area contributed by atoms with Crippen LogP contribution in [0.15, 0.2) is 42.0 Å². The van der Waals surface area contributed by atoms with Crippen molar-refractivity contribution in [3.8, 4) is 0 Å². The molecule has 3 nitrogen and oxygen atoms in total. The molecule has 0 fully saturated rings. The Morgan fingerprint density at radius 2 is 2.06 bits per heavy atom. The van der Waals surface area contributed by atoms with Crippen molar-refractivity contribution < 1.29 is 0 Å². The smallest absolute Gasteiger partial charge is 0.147 e. The van der Waals surface area contributed by atoms with Crippen molar-refractivity contribution >= 4 is 27.4 Å². The van der Waals surface area contributed by atoms with Crippen molar-refractivity contribution in [2.24, 2.45) is 0 Å². The van der Waals surface area contributed by atoms with E-state index in [0.717, 1.165) is 22.6 Å². The molecular weight excluding hydrogens is 242 g/mol. The molecule has 2 heterocycles. The molecule has 0 radical (unpaired) electrons. The van der Waals surface area contributed by atoms with Gasteiger partial charge in [-0.3, -0.25) is 0 Å². The highest BCUT2D eigenvalue weighted by Crippen LogP contribution is 2.25. The quantitative estimate of drug-likeness (QED) is 0.777. The summed E-state index contributed by atoms with van der Waals surface area (Å²) in [6, 6.07) is 10.4. The predicted octanol–water partition coefficient (Wildman–Crippen LogP) is 3.61. The molecule has 2 aromatic heterocycles. The van der Waals surface area contributed by atoms with Crippen LogP contribution in [0, 0.1) is 6.92 Å². The van der Waals surface area contributed by atoms with Crippen molar-refractivity contribution in [3.63, 3.8) is 0 Å². The van der Waals surface area contributed by atoms with Gasteiger partial charge in [-0.15, -0.1) is 11.3 Å². The van der Waals surface area contributed by atoms with Gasteiger partial charge in [0, 0.05) is 6.54 Å². The Kier molecular flexibility index (Phi) is 2.94. The monoisotopic (exact) mass is 255 g/mol. The van der Waals surface area contributed by atoms with Gasteiger partial charge in [-0.05, 0) is 29.5 Å². The lowest BCUT2D eigenvalue weighted by atomic mass is 10.1. The van der Waals surface area contributed by atoms with Crippen molar-refractivity contribution in [1.82, 2.24) is 9.97 Å². The zero-order valence-corrected chi connectivity index (χ0v) is 10.9. The molecule has 0 aliphatic heterocycles. The Balaban J connectivity index is 1.85. The molecule has 0 saturated heterocycles. The first-order valence-corrected chi connectivity index (χ1v) is 6.69. The second-order valence-corrected chi connectivity index (χ2v) is 5.05. The second kappa shape index (κ2) is 4.74.